The molecule has 90 valence electrons. The number of alkyl halides is 3. The molecule has 1 aliphatic carbocycles. The predicted molar refractivity (Wildman–Crippen MR) is 51.6 cm³/mol. The normalized spacial score (nSPS) is 21.6. The summed E-state index contributed by atoms with van der Waals surface area (Å²) in [6.07, 6.45) is 0.258. The lowest BCUT2D eigenvalue weighted by Gasteiger charge is -2.29. The second kappa shape index (κ2) is 5.70. The molecule has 0 aromatic carbocycles. The molecular formula is C10H18F3NO. The number of rotatable bonds is 4. The molecule has 1 fully saturated rings. The minimum atomic E-state index is -4.25. The van der Waals surface area contributed by atoms with Crippen LogP contribution in [0.3, 0.4) is 0 Å². The van der Waals surface area contributed by atoms with Crippen LogP contribution >= 0.6 is 0 Å². The Morgan fingerprint density at radius 1 is 1.20 bits per heavy atom. The van der Waals surface area contributed by atoms with E-state index in [1.54, 1.807) is 0 Å². The average molecular weight is 225 g/mol. The van der Waals surface area contributed by atoms with Crippen molar-refractivity contribution in [3.05, 3.63) is 0 Å². The number of aliphatic hydroxyl groups is 1. The molecule has 0 heterocycles. The quantitative estimate of drug-likeness (QED) is 0.769. The molecule has 15 heavy (non-hydrogen) atoms. The second-order valence-corrected chi connectivity index (χ2v) is 4.11. The number of hydrogen-bond donors (Lipinski definition) is 2. The minimum absolute atomic E-state index is 0.0306. The van der Waals surface area contributed by atoms with Crippen molar-refractivity contribution in [1.29, 1.82) is 0 Å². The van der Waals surface area contributed by atoms with Gasteiger partial charge in [0.1, 0.15) is 6.04 Å². The summed E-state index contributed by atoms with van der Waals surface area (Å²) in [5, 5.41) is 11.2. The van der Waals surface area contributed by atoms with E-state index in [2.05, 4.69) is 5.32 Å². The van der Waals surface area contributed by atoms with E-state index in [1.165, 1.54) is 0 Å². The minimum Gasteiger partial charge on any atom is -0.396 e. The van der Waals surface area contributed by atoms with E-state index in [1.807, 2.05) is 0 Å². The van der Waals surface area contributed by atoms with Crippen molar-refractivity contribution >= 4 is 0 Å². The van der Waals surface area contributed by atoms with Gasteiger partial charge >= 0.3 is 6.18 Å². The standard InChI is InChI=1S/C10H18F3NO/c11-10(12,13)9(6-7-15)14-8-4-2-1-3-5-8/h8-9,14-15H,1-7H2. The summed E-state index contributed by atoms with van der Waals surface area (Å²) in [5.41, 5.74) is 0. The van der Waals surface area contributed by atoms with Gasteiger partial charge in [-0.25, -0.2) is 0 Å². The van der Waals surface area contributed by atoms with Crippen molar-refractivity contribution in [2.75, 3.05) is 6.61 Å². The van der Waals surface area contributed by atoms with E-state index >= 15 is 0 Å². The monoisotopic (exact) mass is 225 g/mol. The molecule has 0 amide bonds. The summed E-state index contributed by atoms with van der Waals surface area (Å²) in [6, 6.07) is -1.58. The molecule has 0 saturated heterocycles. The van der Waals surface area contributed by atoms with Gasteiger partial charge in [0.25, 0.3) is 0 Å². The highest BCUT2D eigenvalue weighted by molar-refractivity contribution is 4.81. The van der Waals surface area contributed by atoms with Crippen molar-refractivity contribution in [2.24, 2.45) is 0 Å². The van der Waals surface area contributed by atoms with Gasteiger partial charge in [-0.15, -0.1) is 0 Å². The molecule has 1 atom stereocenters. The van der Waals surface area contributed by atoms with E-state index in [-0.39, 0.29) is 12.5 Å². The van der Waals surface area contributed by atoms with Crippen molar-refractivity contribution < 1.29 is 18.3 Å². The first-order valence-electron chi connectivity index (χ1n) is 5.47. The topological polar surface area (TPSA) is 32.3 Å². The largest absolute Gasteiger partial charge is 0.403 e. The smallest absolute Gasteiger partial charge is 0.396 e. The number of halogens is 3. The molecule has 0 aromatic rings. The predicted octanol–water partition coefficient (Wildman–Crippen LogP) is 2.22. The SMILES string of the molecule is OCCC(NC1CCCCC1)C(F)(F)F. The Morgan fingerprint density at radius 3 is 2.27 bits per heavy atom. The fourth-order valence-corrected chi connectivity index (χ4v) is 2.02. The Balaban J connectivity index is 2.42. The molecule has 1 rings (SSSR count). The van der Waals surface area contributed by atoms with Crippen LogP contribution in [0.15, 0.2) is 0 Å². The fourth-order valence-electron chi connectivity index (χ4n) is 2.02. The van der Waals surface area contributed by atoms with Gasteiger partial charge in [0.05, 0.1) is 0 Å². The third-order valence-electron chi connectivity index (χ3n) is 2.85. The van der Waals surface area contributed by atoms with E-state index in [9.17, 15) is 13.2 Å². The Bertz CT molecular complexity index is 178. The molecule has 2 N–H and O–H groups in total. The molecule has 1 saturated carbocycles. The molecule has 0 aliphatic heterocycles. The van der Waals surface area contributed by atoms with Crippen LogP contribution in [0.2, 0.25) is 0 Å². The number of nitrogens with one attached hydrogen (secondary N) is 1. The first-order valence-corrected chi connectivity index (χ1v) is 5.47. The lowest BCUT2D eigenvalue weighted by molar-refractivity contribution is -0.161. The molecule has 1 aliphatic rings. The highest BCUT2D eigenvalue weighted by atomic mass is 19.4. The maximum atomic E-state index is 12.5. The molecule has 0 spiro atoms. The van der Waals surface area contributed by atoms with Crippen LogP contribution < -0.4 is 5.32 Å². The zero-order valence-electron chi connectivity index (χ0n) is 8.69. The van der Waals surface area contributed by atoms with Gasteiger partial charge in [0, 0.05) is 12.6 Å². The van der Waals surface area contributed by atoms with Gasteiger partial charge in [-0.3, -0.25) is 0 Å². The molecular weight excluding hydrogens is 207 g/mol. The summed E-state index contributed by atoms with van der Waals surface area (Å²) in [5.74, 6) is 0. The van der Waals surface area contributed by atoms with Crippen molar-refractivity contribution in [1.82, 2.24) is 5.32 Å². The summed E-state index contributed by atoms with van der Waals surface area (Å²) >= 11 is 0. The molecule has 0 aromatic heterocycles. The number of hydrogen-bond acceptors (Lipinski definition) is 2. The van der Waals surface area contributed by atoms with Crippen LogP contribution in [0.1, 0.15) is 38.5 Å². The van der Waals surface area contributed by atoms with E-state index in [0.717, 1.165) is 32.1 Å². The first-order chi connectivity index (χ1) is 7.04. The Labute approximate surface area is 87.9 Å². The highest BCUT2D eigenvalue weighted by Gasteiger charge is 2.40. The lowest BCUT2D eigenvalue weighted by atomic mass is 9.94. The lowest BCUT2D eigenvalue weighted by Crippen LogP contribution is -2.48. The van der Waals surface area contributed by atoms with Crippen LogP contribution in [0, 0.1) is 0 Å². The summed E-state index contributed by atoms with van der Waals surface area (Å²) < 4.78 is 37.5. The third kappa shape index (κ3) is 4.38. The van der Waals surface area contributed by atoms with Crippen LogP contribution in [-0.2, 0) is 0 Å². The van der Waals surface area contributed by atoms with Gasteiger partial charge < -0.3 is 10.4 Å². The molecule has 0 bridgehead atoms. The fraction of sp³-hybridized carbons (Fsp3) is 1.00. The Morgan fingerprint density at radius 2 is 1.80 bits per heavy atom. The molecule has 0 radical (unpaired) electrons. The molecule has 1 unspecified atom stereocenters. The van der Waals surface area contributed by atoms with Crippen molar-refractivity contribution in [3.8, 4) is 0 Å². The van der Waals surface area contributed by atoms with Crippen molar-refractivity contribution in [3.63, 3.8) is 0 Å². The highest BCUT2D eigenvalue weighted by Crippen LogP contribution is 2.25. The second-order valence-electron chi connectivity index (χ2n) is 4.11. The van der Waals surface area contributed by atoms with Crippen LogP contribution in [0.25, 0.3) is 0 Å². The van der Waals surface area contributed by atoms with Crippen LogP contribution in [-0.4, -0.2) is 30.0 Å². The van der Waals surface area contributed by atoms with E-state index in [0.29, 0.717) is 0 Å². The van der Waals surface area contributed by atoms with Crippen molar-refractivity contribution in [2.45, 2.75) is 56.8 Å². The molecule has 2 nitrogen and oxygen atoms in total. The van der Waals surface area contributed by atoms with Gasteiger partial charge in [-0.05, 0) is 19.3 Å². The van der Waals surface area contributed by atoms with Crippen LogP contribution in [0.5, 0.6) is 0 Å². The van der Waals surface area contributed by atoms with Gasteiger partial charge in [-0.2, -0.15) is 13.2 Å². The summed E-state index contributed by atoms with van der Waals surface area (Å²) in [7, 11) is 0. The molecule has 5 heteroatoms. The van der Waals surface area contributed by atoms with E-state index in [4.69, 9.17) is 5.11 Å². The summed E-state index contributed by atoms with van der Waals surface area (Å²) in [4.78, 5) is 0. The van der Waals surface area contributed by atoms with E-state index < -0.39 is 18.8 Å². The zero-order chi connectivity index (χ0) is 11.3. The van der Waals surface area contributed by atoms with Gasteiger partial charge in [0.15, 0.2) is 0 Å². The summed E-state index contributed by atoms with van der Waals surface area (Å²) in [6.45, 7) is -0.427. The first kappa shape index (κ1) is 12.8. The Kier molecular flexibility index (Phi) is 4.86. The number of aliphatic hydroxyl groups excluding tert-OH is 1. The van der Waals surface area contributed by atoms with Crippen LogP contribution in [0.4, 0.5) is 13.2 Å². The van der Waals surface area contributed by atoms with Gasteiger partial charge in [-0.1, -0.05) is 19.3 Å². The third-order valence-corrected chi connectivity index (χ3v) is 2.85. The Hall–Kier alpha value is -0.290. The average Bonchev–Trinajstić information content (AvgIpc) is 2.17. The van der Waals surface area contributed by atoms with Gasteiger partial charge in [0.2, 0.25) is 0 Å². The zero-order valence-corrected chi connectivity index (χ0v) is 8.69. The maximum absolute atomic E-state index is 12.5. The maximum Gasteiger partial charge on any atom is 0.403 e.